The van der Waals surface area contributed by atoms with Gasteiger partial charge in [-0.05, 0) is 0 Å². The van der Waals surface area contributed by atoms with Crippen molar-refractivity contribution in [3.63, 3.8) is 0 Å². The largest absolute Gasteiger partial charge is 0.394 e. The topological polar surface area (TPSA) is 169 Å². The molecule has 0 spiro atoms. The third-order valence-electron chi connectivity index (χ3n) is 3.84. The second-order valence-corrected chi connectivity index (χ2v) is 5.43. The van der Waals surface area contributed by atoms with Crippen LogP contribution in [-0.4, -0.2) is 104 Å². The van der Waals surface area contributed by atoms with Gasteiger partial charge in [-0.15, -0.1) is 0 Å². The molecule has 7 N–H and O–H groups in total. The minimum Gasteiger partial charge on any atom is -0.394 e. The van der Waals surface area contributed by atoms with E-state index in [9.17, 15) is 25.5 Å². The van der Waals surface area contributed by atoms with Gasteiger partial charge in [0, 0.05) is 6.42 Å². The molecule has 2 fully saturated rings. The van der Waals surface area contributed by atoms with E-state index < -0.39 is 61.9 Å². The lowest BCUT2D eigenvalue weighted by molar-refractivity contribution is -0.350. The molecule has 2 rings (SSSR count). The summed E-state index contributed by atoms with van der Waals surface area (Å²) in [5.74, 6) is 0. The summed E-state index contributed by atoms with van der Waals surface area (Å²) in [5, 5.41) is 66.9. The Bertz CT molecular complexity index is 341. The first-order valence-corrected chi connectivity index (χ1v) is 6.97. The highest BCUT2D eigenvalue weighted by Crippen LogP contribution is 2.27. The average molecular weight is 326 g/mol. The van der Waals surface area contributed by atoms with Crippen molar-refractivity contribution >= 4 is 0 Å². The maximum atomic E-state index is 9.92. The fraction of sp³-hybridized carbons (Fsp3) is 1.00. The molecule has 22 heavy (non-hydrogen) atoms. The molecule has 10 heteroatoms. The fourth-order valence-corrected chi connectivity index (χ4v) is 2.53. The van der Waals surface area contributed by atoms with E-state index in [1.807, 2.05) is 0 Å². The fourth-order valence-electron chi connectivity index (χ4n) is 2.53. The molecule has 2 saturated heterocycles. The van der Waals surface area contributed by atoms with Crippen LogP contribution in [0.2, 0.25) is 0 Å². The van der Waals surface area contributed by atoms with E-state index in [-0.39, 0.29) is 13.0 Å². The molecule has 9 atom stereocenters. The van der Waals surface area contributed by atoms with Gasteiger partial charge in [-0.2, -0.15) is 0 Å². The van der Waals surface area contributed by atoms with Crippen molar-refractivity contribution in [1.29, 1.82) is 0 Å². The van der Waals surface area contributed by atoms with Crippen LogP contribution in [-0.2, 0) is 14.2 Å². The molecule has 0 aromatic carbocycles. The van der Waals surface area contributed by atoms with E-state index >= 15 is 0 Å². The number of ether oxygens (including phenoxy) is 3. The van der Waals surface area contributed by atoms with E-state index in [0.29, 0.717) is 0 Å². The zero-order valence-corrected chi connectivity index (χ0v) is 11.7. The Morgan fingerprint density at radius 3 is 2.09 bits per heavy atom. The highest BCUT2D eigenvalue weighted by Gasteiger charge is 2.47. The molecule has 0 radical (unpaired) electrons. The summed E-state index contributed by atoms with van der Waals surface area (Å²) in [5.41, 5.74) is 0. The Balaban J connectivity index is 2.02. The Hall–Kier alpha value is -0.400. The summed E-state index contributed by atoms with van der Waals surface area (Å²) in [6.45, 7) is -1.01. The molecular formula is C12H22O10. The van der Waals surface area contributed by atoms with E-state index in [1.54, 1.807) is 0 Å². The van der Waals surface area contributed by atoms with Crippen molar-refractivity contribution in [2.45, 2.75) is 61.7 Å². The first-order valence-electron chi connectivity index (χ1n) is 6.97. The molecule has 130 valence electrons. The van der Waals surface area contributed by atoms with Gasteiger partial charge in [0.2, 0.25) is 0 Å². The van der Waals surface area contributed by atoms with Crippen molar-refractivity contribution in [2.24, 2.45) is 0 Å². The van der Waals surface area contributed by atoms with Gasteiger partial charge in [-0.25, -0.2) is 0 Å². The Kier molecular flexibility index (Phi) is 6.07. The Labute approximate surface area is 126 Å². The maximum absolute atomic E-state index is 9.92. The SMILES string of the molecule is OC[C@@H]1C[C@H](O)[C@H](O[C@@H]2O[C@H](CO)[C@@H](O)[C@H](O)[C@@H]2O)[C@H](O)O1. The van der Waals surface area contributed by atoms with Gasteiger partial charge in [-0.1, -0.05) is 0 Å². The van der Waals surface area contributed by atoms with Crippen molar-refractivity contribution in [1.82, 2.24) is 0 Å². The van der Waals surface area contributed by atoms with E-state index in [4.69, 9.17) is 24.4 Å². The summed E-state index contributed by atoms with van der Waals surface area (Å²) >= 11 is 0. The van der Waals surface area contributed by atoms with Crippen LogP contribution in [0.5, 0.6) is 0 Å². The summed E-state index contributed by atoms with van der Waals surface area (Å²) < 4.78 is 15.4. The Morgan fingerprint density at radius 1 is 0.864 bits per heavy atom. The molecule has 0 aromatic rings. The highest BCUT2D eigenvalue weighted by molar-refractivity contribution is 4.90. The molecule has 2 heterocycles. The monoisotopic (exact) mass is 326 g/mol. The lowest BCUT2D eigenvalue weighted by Gasteiger charge is -2.43. The third kappa shape index (κ3) is 3.57. The van der Waals surface area contributed by atoms with Crippen molar-refractivity contribution in [2.75, 3.05) is 13.2 Å². The predicted octanol–water partition coefficient (Wildman–Crippen LogP) is -4.37. The van der Waals surface area contributed by atoms with Gasteiger partial charge < -0.3 is 50.0 Å². The van der Waals surface area contributed by atoms with E-state index in [0.717, 1.165) is 0 Å². The lowest BCUT2D eigenvalue weighted by Crippen LogP contribution is -2.61. The van der Waals surface area contributed by atoms with Crippen LogP contribution in [0, 0.1) is 0 Å². The Morgan fingerprint density at radius 2 is 1.55 bits per heavy atom. The third-order valence-corrected chi connectivity index (χ3v) is 3.84. The average Bonchev–Trinajstić information content (AvgIpc) is 2.50. The number of aliphatic hydroxyl groups is 7. The molecule has 0 aromatic heterocycles. The summed E-state index contributed by atoms with van der Waals surface area (Å²) in [7, 11) is 0. The van der Waals surface area contributed by atoms with Crippen LogP contribution < -0.4 is 0 Å². The smallest absolute Gasteiger partial charge is 0.187 e. The quantitative estimate of drug-likeness (QED) is 0.268. The van der Waals surface area contributed by atoms with Crippen LogP contribution in [0.25, 0.3) is 0 Å². The van der Waals surface area contributed by atoms with Crippen LogP contribution in [0.15, 0.2) is 0 Å². The van der Waals surface area contributed by atoms with Crippen LogP contribution >= 0.6 is 0 Å². The minimum absolute atomic E-state index is 0.00432. The van der Waals surface area contributed by atoms with E-state index in [1.165, 1.54) is 0 Å². The first kappa shape index (κ1) is 17.9. The molecule has 2 aliphatic heterocycles. The maximum Gasteiger partial charge on any atom is 0.187 e. The molecule has 10 nitrogen and oxygen atoms in total. The predicted molar refractivity (Wildman–Crippen MR) is 67.2 cm³/mol. The second-order valence-electron chi connectivity index (χ2n) is 5.43. The number of hydrogen-bond acceptors (Lipinski definition) is 10. The highest BCUT2D eigenvalue weighted by atomic mass is 16.7. The van der Waals surface area contributed by atoms with Gasteiger partial charge in [0.1, 0.15) is 30.5 Å². The molecule has 2 aliphatic rings. The zero-order valence-electron chi connectivity index (χ0n) is 11.7. The summed E-state index contributed by atoms with van der Waals surface area (Å²) in [4.78, 5) is 0. The molecule has 0 bridgehead atoms. The summed E-state index contributed by atoms with van der Waals surface area (Å²) in [6.07, 6.45) is -12.3. The van der Waals surface area contributed by atoms with Gasteiger partial charge >= 0.3 is 0 Å². The number of rotatable bonds is 4. The molecule has 0 saturated carbocycles. The van der Waals surface area contributed by atoms with Crippen molar-refractivity contribution < 1.29 is 50.0 Å². The molecule has 0 unspecified atom stereocenters. The minimum atomic E-state index is -1.65. The normalized spacial score (nSPS) is 50.0. The van der Waals surface area contributed by atoms with Crippen LogP contribution in [0.1, 0.15) is 6.42 Å². The van der Waals surface area contributed by atoms with Gasteiger partial charge in [0.15, 0.2) is 12.6 Å². The number of hydrogen-bond donors (Lipinski definition) is 7. The van der Waals surface area contributed by atoms with Crippen molar-refractivity contribution in [3.8, 4) is 0 Å². The zero-order chi connectivity index (χ0) is 16.4. The van der Waals surface area contributed by atoms with Gasteiger partial charge in [0.05, 0.1) is 25.4 Å². The number of aliphatic hydroxyl groups excluding tert-OH is 7. The molecular weight excluding hydrogens is 304 g/mol. The van der Waals surface area contributed by atoms with Gasteiger partial charge in [0.25, 0.3) is 0 Å². The van der Waals surface area contributed by atoms with Crippen LogP contribution in [0.4, 0.5) is 0 Å². The van der Waals surface area contributed by atoms with Gasteiger partial charge in [-0.3, -0.25) is 0 Å². The molecule has 0 aliphatic carbocycles. The second kappa shape index (κ2) is 7.45. The van der Waals surface area contributed by atoms with Crippen molar-refractivity contribution in [3.05, 3.63) is 0 Å². The molecule has 0 amide bonds. The first-order chi connectivity index (χ1) is 10.4. The summed E-state index contributed by atoms with van der Waals surface area (Å²) in [6, 6.07) is 0. The van der Waals surface area contributed by atoms with E-state index in [2.05, 4.69) is 0 Å². The lowest BCUT2D eigenvalue weighted by atomic mass is 9.98. The standard InChI is InChI=1S/C12H22O10/c13-2-4-1-5(15)10(11(19)20-4)22-12-9(18)8(17)7(16)6(3-14)21-12/h4-19H,1-3H2/t4-,5-,6+,7+,8-,9-,10-,11+,12-/m0/s1. The van der Waals surface area contributed by atoms with Crippen LogP contribution in [0.3, 0.4) is 0 Å².